The van der Waals surface area contributed by atoms with Crippen molar-refractivity contribution < 1.29 is 23.9 Å². The highest BCUT2D eigenvalue weighted by atomic mass is 16.5. The van der Waals surface area contributed by atoms with Crippen LogP contribution in [0.5, 0.6) is 0 Å². The molecule has 2 rings (SSSR count). The number of amides is 4. The predicted molar refractivity (Wildman–Crippen MR) is 107 cm³/mol. The van der Waals surface area contributed by atoms with Crippen LogP contribution in [0.15, 0.2) is 36.0 Å². The van der Waals surface area contributed by atoms with Crippen LogP contribution in [0.2, 0.25) is 0 Å². The average Bonchev–Trinajstić information content (AvgIpc) is 2.68. The minimum Gasteiger partial charge on any atom is -0.451 e. The van der Waals surface area contributed by atoms with E-state index in [9.17, 15) is 19.2 Å². The quantitative estimate of drug-likeness (QED) is 0.499. The van der Waals surface area contributed by atoms with Gasteiger partial charge in [0.25, 0.3) is 5.91 Å². The van der Waals surface area contributed by atoms with Gasteiger partial charge in [0.15, 0.2) is 6.61 Å². The standard InChI is InChI=1S/C21H27N3O5/c1-14-8-6-7-11-17(14)23-21(28)24-19(26)13-29-20(27)18(22-15(2)25)12-16-9-4-3-5-10-16/h3-5,9-10,12,14,17H,6-8,11,13H2,1-2H3,(H,22,25)(H2,23,24,26,28). The van der Waals surface area contributed by atoms with Crippen molar-refractivity contribution in [3.05, 3.63) is 41.6 Å². The number of rotatable bonds is 6. The van der Waals surface area contributed by atoms with Gasteiger partial charge in [0.05, 0.1) is 0 Å². The Morgan fingerprint density at radius 1 is 1.07 bits per heavy atom. The summed E-state index contributed by atoms with van der Waals surface area (Å²) in [7, 11) is 0. The van der Waals surface area contributed by atoms with Gasteiger partial charge in [0.2, 0.25) is 5.91 Å². The number of hydrogen-bond donors (Lipinski definition) is 3. The normalized spacial score (nSPS) is 19.0. The molecule has 156 valence electrons. The minimum absolute atomic E-state index is 0.0271. The summed E-state index contributed by atoms with van der Waals surface area (Å²) in [5.74, 6) is -1.72. The predicted octanol–water partition coefficient (Wildman–Crippen LogP) is 2.11. The summed E-state index contributed by atoms with van der Waals surface area (Å²) >= 11 is 0. The number of nitrogens with one attached hydrogen (secondary N) is 3. The van der Waals surface area contributed by atoms with E-state index < -0.39 is 30.4 Å². The second-order valence-electron chi connectivity index (χ2n) is 7.12. The van der Waals surface area contributed by atoms with Crippen LogP contribution < -0.4 is 16.0 Å². The molecule has 0 radical (unpaired) electrons. The fourth-order valence-corrected chi connectivity index (χ4v) is 3.16. The Labute approximate surface area is 170 Å². The Bertz CT molecular complexity index is 776. The maximum absolute atomic E-state index is 12.2. The molecule has 0 aliphatic heterocycles. The zero-order valence-corrected chi connectivity index (χ0v) is 16.7. The van der Waals surface area contributed by atoms with Gasteiger partial charge in [-0.15, -0.1) is 0 Å². The largest absolute Gasteiger partial charge is 0.451 e. The van der Waals surface area contributed by atoms with Crippen molar-refractivity contribution in [3.63, 3.8) is 0 Å². The molecule has 1 fully saturated rings. The van der Waals surface area contributed by atoms with Gasteiger partial charge in [0.1, 0.15) is 5.70 Å². The summed E-state index contributed by atoms with van der Waals surface area (Å²) in [4.78, 5) is 47.5. The SMILES string of the molecule is CC(=O)NC(=Cc1ccccc1)C(=O)OCC(=O)NC(=O)NC1CCCCC1C. The molecule has 0 saturated heterocycles. The van der Waals surface area contributed by atoms with Crippen molar-refractivity contribution in [3.8, 4) is 0 Å². The minimum atomic E-state index is -0.875. The number of hydrogen-bond acceptors (Lipinski definition) is 5. The highest BCUT2D eigenvalue weighted by Crippen LogP contribution is 2.23. The first kappa shape index (κ1) is 22.1. The summed E-state index contributed by atoms with van der Waals surface area (Å²) in [6.45, 7) is 2.68. The number of esters is 1. The van der Waals surface area contributed by atoms with Crippen LogP contribution >= 0.6 is 0 Å². The lowest BCUT2D eigenvalue weighted by Crippen LogP contribution is -2.48. The lowest BCUT2D eigenvalue weighted by Gasteiger charge is -2.29. The molecule has 1 aliphatic rings. The molecule has 1 aromatic rings. The third-order valence-electron chi connectivity index (χ3n) is 4.66. The van der Waals surface area contributed by atoms with Crippen molar-refractivity contribution in [2.24, 2.45) is 5.92 Å². The van der Waals surface area contributed by atoms with Gasteiger partial charge >= 0.3 is 12.0 Å². The number of carbonyl (C=O) groups excluding carboxylic acids is 4. The zero-order chi connectivity index (χ0) is 21.2. The first-order chi connectivity index (χ1) is 13.8. The summed E-state index contributed by atoms with van der Waals surface area (Å²) in [5, 5.41) is 7.34. The molecular weight excluding hydrogens is 374 g/mol. The van der Waals surface area contributed by atoms with Gasteiger partial charge < -0.3 is 15.4 Å². The smallest absolute Gasteiger partial charge is 0.355 e. The van der Waals surface area contributed by atoms with E-state index in [-0.39, 0.29) is 11.7 Å². The number of imide groups is 1. The summed E-state index contributed by atoms with van der Waals surface area (Å²) < 4.78 is 4.94. The molecule has 2 atom stereocenters. The number of ether oxygens (including phenoxy) is 1. The van der Waals surface area contributed by atoms with Gasteiger partial charge in [-0.05, 0) is 30.4 Å². The van der Waals surface area contributed by atoms with E-state index in [0.717, 1.165) is 25.7 Å². The molecule has 8 heteroatoms. The van der Waals surface area contributed by atoms with Gasteiger partial charge in [-0.3, -0.25) is 14.9 Å². The number of benzene rings is 1. The molecule has 2 unspecified atom stereocenters. The van der Waals surface area contributed by atoms with Crippen LogP contribution in [0.3, 0.4) is 0 Å². The van der Waals surface area contributed by atoms with E-state index in [1.54, 1.807) is 24.3 Å². The van der Waals surface area contributed by atoms with Crippen molar-refractivity contribution in [2.45, 2.75) is 45.6 Å². The van der Waals surface area contributed by atoms with Crippen LogP contribution in [0.1, 0.15) is 45.1 Å². The van der Waals surface area contributed by atoms with E-state index in [1.807, 2.05) is 6.07 Å². The maximum Gasteiger partial charge on any atom is 0.355 e. The molecule has 3 N–H and O–H groups in total. The highest BCUT2D eigenvalue weighted by Gasteiger charge is 2.23. The molecule has 0 bridgehead atoms. The number of urea groups is 1. The van der Waals surface area contributed by atoms with E-state index in [0.29, 0.717) is 11.5 Å². The van der Waals surface area contributed by atoms with Crippen LogP contribution in [0, 0.1) is 5.92 Å². The Morgan fingerprint density at radius 2 is 1.76 bits per heavy atom. The average molecular weight is 401 g/mol. The highest BCUT2D eigenvalue weighted by molar-refractivity contribution is 6.00. The molecule has 8 nitrogen and oxygen atoms in total. The van der Waals surface area contributed by atoms with Crippen LogP contribution in [0.4, 0.5) is 4.79 Å². The van der Waals surface area contributed by atoms with Crippen LogP contribution in [-0.4, -0.2) is 36.5 Å². The third-order valence-corrected chi connectivity index (χ3v) is 4.66. The molecule has 4 amide bonds. The fourth-order valence-electron chi connectivity index (χ4n) is 3.16. The first-order valence-corrected chi connectivity index (χ1v) is 9.67. The topological polar surface area (TPSA) is 114 Å². The summed E-state index contributed by atoms with van der Waals surface area (Å²) in [6, 6.07) is 8.29. The summed E-state index contributed by atoms with van der Waals surface area (Å²) in [5.41, 5.74) is 0.579. The Hall–Kier alpha value is -3.16. The molecule has 0 aromatic heterocycles. The lowest BCUT2D eigenvalue weighted by molar-refractivity contribution is -0.145. The third kappa shape index (κ3) is 7.77. The Morgan fingerprint density at radius 3 is 2.41 bits per heavy atom. The molecular formula is C21H27N3O5. The van der Waals surface area contributed by atoms with Crippen molar-refractivity contribution >= 4 is 29.9 Å². The van der Waals surface area contributed by atoms with Gasteiger partial charge in [-0.2, -0.15) is 0 Å². The van der Waals surface area contributed by atoms with Gasteiger partial charge in [0, 0.05) is 13.0 Å². The molecule has 0 heterocycles. The zero-order valence-electron chi connectivity index (χ0n) is 16.7. The van der Waals surface area contributed by atoms with Crippen LogP contribution in [-0.2, 0) is 19.1 Å². The monoisotopic (exact) mass is 401 g/mol. The van der Waals surface area contributed by atoms with Gasteiger partial charge in [-0.1, -0.05) is 50.1 Å². The fraction of sp³-hybridized carbons (Fsp3) is 0.429. The van der Waals surface area contributed by atoms with E-state index in [4.69, 9.17) is 4.74 Å². The Balaban J connectivity index is 1.86. The second-order valence-corrected chi connectivity index (χ2v) is 7.12. The lowest BCUT2D eigenvalue weighted by atomic mass is 9.86. The Kier molecular flexibility index (Phi) is 8.39. The van der Waals surface area contributed by atoms with Gasteiger partial charge in [-0.25, -0.2) is 9.59 Å². The summed E-state index contributed by atoms with van der Waals surface area (Å²) in [6.07, 6.45) is 5.54. The van der Waals surface area contributed by atoms with E-state index >= 15 is 0 Å². The molecule has 1 saturated carbocycles. The molecule has 1 aromatic carbocycles. The van der Waals surface area contributed by atoms with Crippen molar-refractivity contribution in [2.75, 3.05) is 6.61 Å². The van der Waals surface area contributed by atoms with Crippen molar-refractivity contribution in [1.29, 1.82) is 0 Å². The molecule has 29 heavy (non-hydrogen) atoms. The van der Waals surface area contributed by atoms with Crippen molar-refractivity contribution in [1.82, 2.24) is 16.0 Å². The van der Waals surface area contributed by atoms with E-state index in [2.05, 4.69) is 22.9 Å². The molecule has 0 spiro atoms. The van der Waals surface area contributed by atoms with Crippen LogP contribution in [0.25, 0.3) is 6.08 Å². The first-order valence-electron chi connectivity index (χ1n) is 9.67. The second kappa shape index (κ2) is 11.0. The molecule has 1 aliphatic carbocycles. The van der Waals surface area contributed by atoms with E-state index in [1.165, 1.54) is 13.0 Å². The number of carbonyl (C=O) groups is 4. The maximum atomic E-state index is 12.2.